The summed E-state index contributed by atoms with van der Waals surface area (Å²) in [7, 11) is -2.65. The molecule has 2 aliphatic heterocycles. The lowest BCUT2D eigenvalue weighted by Gasteiger charge is -2.43. The highest BCUT2D eigenvalue weighted by Crippen LogP contribution is 2.36. The zero-order valence-electron chi connectivity index (χ0n) is 18.5. The molecule has 3 heterocycles. The summed E-state index contributed by atoms with van der Waals surface area (Å²) in [6, 6.07) is 9.28. The highest BCUT2D eigenvalue weighted by molar-refractivity contribution is 7.90. The van der Waals surface area contributed by atoms with Crippen LogP contribution < -0.4 is 9.64 Å². The van der Waals surface area contributed by atoms with Crippen molar-refractivity contribution in [3.63, 3.8) is 0 Å². The molecule has 0 saturated carbocycles. The molecule has 2 saturated heterocycles. The van der Waals surface area contributed by atoms with E-state index in [-0.39, 0.29) is 26.4 Å². The van der Waals surface area contributed by atoms with Crippen LogP contribution in [0.2, 0.25) is 5.02 Å². The van der Waals surface area contributed by atoms with Gasteiger partial charge in [-0.2, -0.15) is 0 Å². The topological polar surface area (TPSA) is 64.0 Å². The predicted molar refractivity (Wildman–Crippen MR) is 126 cm³/mol. The molecule has 0 spiro atoms. The number of anilines is 1. The maximum atomic E-state index is 13.6. The number of rotatable bonds is 6. The minimum absolute atomic E-state index is 0.0178. The maximum Gasteiger partial charge on any atom is 0.268 e. The first-order valence-corrected chi connectivity index (χ1v) is 12.7. The fourth-order valence-corrected chi connectivity index (χ4v) is 6.08. The number of hydrogen-bond donors (Lipinski definition) is 0. The van der Waals surface area contributed by atoms with Crippen LogP contribution >= 0.6 is 11.6 Å². The molecule has 2 aromatic carbocycles. The van der Waals surface area contributed by atoms with E-state index in [9.17, 15) is 17.2 Å². The Morgan fingerprint density at radius 3 is 2.44 bits per heavy atom. The summed E-state index contributed by atoms with van der Waals surface area (Å²) in [6.45, 7) is 4.54. The van der Waals surface area contributed by atoms with Gasteiger partial charge in [-0.3, -0.25) is 4.90 Å². The summed E-state index contributed by atoms with van der Waals surface area (Å²) in [6.07, 6.45) is -1.85. The van der Waals surface area contributed by atoms with E-state index < -0.39 is 16.4 Å². The first kappa shape index (κ1) is 23.3. The van der Waals surface area contributed by atoms with Gasteiger partial charge >= 0.3 is 0 Å². The van der Waals surface area contributed by atoms with E-state index in [1.165, 1.54) is 31.4 Å². The summed E-state index contributed by atoms with van der Waals surface area (Å²) in [5.41, 5.74) is 0.397. The summed E-state index contributed by atoms with van der Waals surface area (Å²) in [5, 5.41) is 0.404. The molecule has 7 nitrogen and oxygen atoms in total. The molecule has 0 atom stereocenters. The van der Waals surface area contributed by atoms with Crippen LogP contribution in [0.5, 0.6) is 5.75 Å². The van der Waals surface area contributed by atoms with Gasteiger partial charge in [-0.05, 0) is 30.3 Å². The van der Waals surface area contributed by atoms with Crippen molar-refractivity contribution in [3.05, 3.63) is 53.2 Å². The van der Waals surface area contributed by atoms with Crippen LogP contribution in [0.15, 0.2) is 47.5 Å². The number of aromatic nitrogens is 1. The third kappa shape index (κ3) is 4.02. The Bertz CT molecular complexity index is 1320. The number of fused-ring (bicyclic) bond motifs is 1. The third-order valence-electron chi connectivity index (χ3n) is 6.50. The van der Waals surface area contributed by atoms with E-state index >= 15 is 0 Å². The molecular formula is C23H24ClF2N3O4S. The molecule has 0 aliphatic carbocycles. The lowest BCUT2D eigenvalue weighted by Crippen LogP contribution is -2.56. The quantitative estimate of drug-likeness (QED) is 0.498. The molecule has 0 amide bonds. The highest BCUT2D eigenvalue weighted by Gasteiger charge is 2.31. The molecule has 5 rings (SSSR count). The van der Waals surface area contributed by atoms with Crippen molar-refractivity contribution in [2.75, 3.05) is 51.4 Å². The van der Waals surface area contributed by atoms with Crippen molar-refractivity contribution in [2.24, 2.45) is 0 Å². The Morgan fingerprint density at radius 2 is 1.82 bits per heavy atom. The number of nitrogens with zero attached hydrogens (tertiary/aromatic N) is 3. The van der Waals surface area contributed by atoms with Crippen LogP contribution in [-0.2, 0) is 14.8 Å². The second kappa shape index (κ2) is 8.99. The Balaban J connectivity index is 1.52. The van der Waals surface area contributed by atoms with Crippen molar-refractivity contribution in [2.45, 2.75) is 17.4 Å². The average Bonchev–Trinajstić information content (AvgIpc) is 3.18. The summed E-state index contributed by atoms with van der Waals surface area (Å²) in [4.78, 5) is 4.44. The Morgan fingerprint density at radius 1 is 1.09 bits per heavy atom. The van der Waals surface area contributed by atoms with Crippen LogP contribution in [0.25, 0.3) is 10.9 Å². The van der Waals surface area contributed by atoms with Gasteiger partial charge in [0.25, 0.3) is 16.4 Å². The van der Waals surface area contributed by atoms with Gasteiger partial charge in [-0.25, -0.2) is 21.2 Å². The first-order valence-electron chi connectivity index (χ1n) is 10.9. The van der Waals surface area contributed by atoms with Gasteiger partial charge in [0.15, 0.2) is 0 Å². The van der Waals surface area contributed by atoms with E-state index in [4.69, 9.17) is 21.1 Å². The van der Waals surface area contributed by atoms with Gasteiger partial charge in [-0.15, -0.1) is 0 Å². The molecule has 11 heteroatoms. The molecular weight excluding hydrogens is 488 g/mol. The minimum Gasteiger partial charge on any atom is -0.495 e. The van der Waals surface area contributed by atoms with Crippen molar-refractivity contribution in [1.29, 1.82) is 0 Å². The van der Waals surface area contributed by atoms with E-state index in [0.717, 1.165) is 36.5 Å². The monoisotopic (exact) mass is 511 g/mol. The number of benzene rings is 2. The van der Waals surface area contributed by atoms with E-state index in [1.54, 1.807) is 12.1 Å². The van der Waals surface area contributed by atoms with Crippen molar-refractivity contribution in [1.82, 2.24) is 8.87 Å². The van der Waals surface area contributed by atoms with Gasteiger partial charge in [0.05, 0.1) is 42.5 Å². The number of halogens is 3. The first-order chi connectivity index (χ1) is 16.3. The highest BCUT2D eigenvalue weighted by atomic mass is 35.5. The molecule has 2 fully saturated rings. The van der Waals surface area contributed by atoms with Gasteiger partial charge in [0.2, 0.25) is 0 Å². The molecule has 182 valence electrons. The number of hydrogen-bond acceptors (Lipinski definition) is 6. The number of alkyl halides is 2. The molecule has 0 bridgehead atoms. The van der Waals surface area contributed by atoms with Crippen LogP contribution in [-0.4, -0.2) is 69.8 Å². The second-order valence-electron chi connectivity index (χ2n) is 8.40. The zero-order valence-corrected chi connectivity index (χ0v) is 20.0. The molecule has 3 aromatic rings. The normalized spacial score (nSPS) is 18.0. The second-order valence-corrected chi connectivity index (χ2v) is 10.6. The lowest BCUT2D eigenvalue weighted by molar-refractivity contribution is -0.0660. The molecule has 34 heavy (non-hydrogen) atoms. The molecule has 1 aromatic heterocycles. The maximum absolute atomic E-state index is 13.6. The van der Waals surface area contributed by atoms with Crippen molar-refractivity contribution < 1.29 is 26.7 Å². The largest absolute Gasteiger partial charge is 0.495 e. The molecule has 0 radical (unpaired) electrons. The zero-order chi connectivity index (χ0) is 24.0. The lowest BCUT2D eigenvalue weighted by atomic mass is 10.1. The Kier molecular flexibility index (Phi) is 6.18. The number of ether oxygens (including phenoxy) is 2. The van der Waals surface area contributed by atoms with Gasteiger partial charge in [-0.1, -0.05) is 17.7 Å². The van der Waals surface area contributed by atoms with Gasteiger partial charge < -0.3 is 14.4 Å². The molecule has 0 N–H and O–H groups in total. The van der Waals surface area contributed by atoms with Gasteiger partial charge in [0.1, 0.15) is 5.75 Å². The predicted octanol–water partition coefficient (Wildman–Crippen LogP) is 4.00. The number of piperazine rings is 1. The van der Waals surface area contributed by atoms with E-state index in [0.29, 0.717) is 30.6 Å². The van der Waals surface area contributed by atoms with Crippen LogP contribution in [0.4, 0.5) is 14.5 Å². The standard InChI is InChI=1S/C23H24ClF2N3O4S/c1-32-22-5-3-17(11-21(22)28-8-6-27(7-9-28)16-13-33-14-16)34(30,31)29-12-19(23(25)26)18-4-2-15(24)10-20(18)29/h2-5,10-12,16,23H,6-9,13-14H2,1H3. The average molecular weight is 512 g/mol. The Labute approximate surface area is 201 Å². The fraction of sp³-hybridized carbons (Fsp3) is 0.391. The SMILES string of the molecule is COc1ccc(S(=O)(=O)n2cc(C(F)F)c3ccc(Cl)cc32)cc1N1CCN(C2COC2)CC1. The summed E-state index contributed by atoms with van der Waals surface area (Å²) in [5.74, 6) is 0.549. The van der Waals surface area contributed by atoms with Gasteiger partial charge in [0, 0.05) is 48.3 Å². The van der Waals surface area contributed by atoms with Crippen LogP contribution in [0.3, 0.4) is 0 Å². The van der Waals surface area contributed by atoms with Crippen LogP contribution in [0.1, 0.15) is 12.0 Å². The van der Waals surface area contributed by atoms with Crippen LogP contribution in [0, 0.1) is 0 Å². The fourth-order valence-electron chi connectivity index (χ4n) is 4.52. The molecule has 0 unspecified atom stereocenters. The van der Waals surface area contributed by atoms with Crippen molar-refractivity contribution >= 4 is 38.2 Å². The van der Waals surface area contributed by atoms with E-state index in [2.05, 4.69) is 9.80 Å². The third-order valence-corrected chi connectivity index (χ3v) is 8.40. The summed E-state index contributed by atoms with van der Waals surface area (Å²) < 4.78 is 66.2. The smallest absolute Gasteiger partial charge is 0.268 e. The van der Waals surface area contributed by atoms with Crippen molar-refractivity contribution in [3.8, 4) is 5.75 Å². The Hall–Kier alpha value is -2.40. The molecule has 2 aliphatic rings. The minimum atomic E-state index is -4.18. The summed E-state index contributed by atoms with van der Waals surface area (Å²) >= 11 is 6.06. The van der Waals surface area contributed by atoms with E-state index in [1.807, 2.05) is 0 Å². The number of methoxy groups -OCH3 is 1.